The molecule has 2 nitrogen and oxygen atoms in total. The molecule has 0 aromatic carbocycles. The third-order valence-electron chi connectivity index (χ3n) is 5.87. The van der Waals surface area contributed by atoms with E-state index >= 15 is 0 Å². The highest BCUT2D eigenvalue weighted by Gasteiger charge is 2.31. The van der Waals surface area contributed by atoms with Crippen LogP contribution in [0.3, 0.4) is 0 Å². The molecule has 0 bridgehead atoms. The Balaban J connectivity index is 1.80. The van der Waals surface area contributed by atoms with Gasteiger partial charge in [-0.15, -0.1) is 0 Å². The molecule has 1 aliphatic heterocycles. The van der Waals surface area contributed by atoms with Crippen LogP contribution in [-0.2, 0) is 0 Å². The topological polar surface area (TPSA) is 29.3 Å². The first-order chi connectivity index (χ1) is 9.50. The number of likely N-dealkylation sites (tertiary alicyclic amines) is 1. The predicted molar refractivity (Wildman–Crippen MR) is 87.8 cm³/mol. The molecule has 1 unspecified atom stereocenters. The van der Waals surface area contributed by atoms with Crippen LogP contribution in [0.15, 0.2) is 0 Å². The van der Waals surface area contributed by atoms with Crippen molar-refractivity contribution in [2.75, 3.05) is 19.6 Å². The van der Waals surface area contributed by atoms with Crippen molar-refractivity contribution in [3.05, 3.63) is 0 Å². The summed E-state index contributed by atoms with van der Waals surface area (Å²) in [5, 5.41) is 0. The Kier molecular flexibility index (Phi) is 5.92. The third-order valence-corrected chi connectivity index (χ3v) is 5.87. The molecule has 1 heterocycles. The van der Waals surface area contributed by atoms with Gasteiger partial charge in [-0.05, 0) is 49.6 Å². The van der Waals surface area contributed by atoms with Crippen LogP contribution in [0, 0.1) is 17.3 Å². The van der Waals surface area contributed by atoms with Crippen molar-refractivity contribution in [3.63, 3.8) is 0 Å². The fraction of sp³-hybridized carbons (Fsp3) is 1.00. The maximum Gasteiger partial charge on any atom is 0.0221 e. The minimum atomic E-state index is 0.480. The van der Waals surface area contributed by atoms with Gasteiger partial charge in [0, 0.05) is 12.6 Å². The quantitative estimate of drug-likeness (QED) is 0.842. The van der Waals surface area contributed by atoms with E-state index in [1.807, 2.05) is 0 Å². The Morgan fingerprint density at radius 2 is 1.60 bits per heavy atom. The molecule has 1 saturated heterocycles. The minimum Gasteiger partial charge on any atom is -0.329 e. The molecular weight excluding hydrogens is 244 g/mol. The summed E-state index contributed by atoms with van der Waals surface area (Å²) in [6, 6.07) is 0.652. The summed E-state index contributed by atoms with van der Waals surface area (Å²) < 4.78 is 0. The van der Waals surface area contributed by atoms with Crippen LogP contribution in [0.2, 0.25) is 0 Å². The van der Waals surface area contributed by atoms with Crippen LogP contribution in [0.1, 0.15) is 72.1 Å². The normalized spacial score (nSPS) is 25.8. The first-order valence-corrected chi connectivity index (χ1v) is 8.95. The van der Waals surface area contributed by atoms with E-state index in [2.05, 4.69) is 25.7 Å². The molecule has 1 aliphatic carbocycles. The number of piperidine rings is 1. The molecule has 1 atom stereocenters. The zero-order valence-electron chi connectivity index (χ0n) is 14.0. The standard InChI is InChI=1S/C18H36N2/c1-18(2,3)16-9-11-20(12-10-16)17(14-19)13-15-7-5-4-6-8-15/h15-17H,4-14,19H2,1-3H3. The van der Waals surface area contributed by atoms with Gasteiger partial charge in [-0.3, -0.25) is 4.90 Å². The average molecular weight is 280 g/mol. The molecule has 0 spiro atoms. The first kappa shape index (κ1) is 16.3. The number of nitrogens with zero attached hydrogens (tertiary/aromatic N) is 1. The van der Waals surface area contributed by atoms with E-state index in [4.69, 9.17) is 5.73 Å². The lowest BCUT2D eigenvalue weighted by Crippen LogP contribution is -2.47. The second-order valence-corrected chi connectivity index (χ2v) is 8.31. The SMILES string of the molecule is CC(C)(C)C1CCN(C(CN)CC2CCCCC2)CC1. The summed E-state index contributed by atoms with van der Waals surface area (Å²) in [6.45, 7) is 10.6. The molecule has 0 aromatic heterocycles. The van der Waals surface area contributed by atoms with E-state index in [0.717, 1.165) is 18.4 Å². The number of hydrogen-bond acceptors (Lipinski definition) is 2. The van der Waals surface area contributed by atoms with Gasteiger partial charge in [0.25, 0.3) is 0 Å². The molecule has 0 aromatic rings. The van der Waals surface area contributed by atoms with Crippen molar-refractivity contribution in [3.8, 4) is 0 Å². The van der Waals surface area contributed by atoms with E-state index in [1.54, 1.807) is 0 Å². The molecular formula is C18H36N2. The van der Waals surface area contributed by atoms with Crippen molar-refractivity contribution >= 4 is 0 Å². The summed E-state index contributed by atoms with van der Waals surface area (Å²) in [6.07, 6.45) is 11.4. The predicted octanol–water partition coefficient (Wildman–Crippen LogP) is 4.04. The van der Waals surface area contributed by atoms with Crippen LogP contribution in [0.25, 0.3) is 0 Å². The number of hydrogen-bond donors (Lipinski definition) is 1. The summed E-state index contributed by atoms with van der Waals surface area (Å²) in [7, 11) is 0. The zero-order chi connectivity index (χ0) is 14.6. The minimum absolute atomic E-state index is 0.480. The molecule has 118 valence electrons. The number of rotatable bonds is 4. The third kappa shape index (κ3) is 4.46. The van der Waals surface area contributed by atoms with Gasteiger partial charge in [0.15, 0.2) is 0 Å². The fourth-order valence-corrected chi connectivity index (χ4v) is 4.33. The van der Waals surface area contributed by atoms with Gasteiger partial charge in [-0.2, -0.15) is 0 Å². The van der Waals surface area contributed by atoms with Crippen molar-refractivity contribution in [2.24, 2.45) is 23.0 Å². The average Bonchev–Trinajstić information content (AvgIpc) is 2.45. The highest BCUT2D eigenvalue weighted by Crippen LogP contribution is 2.36. The highest BCUT2D eigenvalue weighted by atomic mass is 15.2. The van der Waals surface area contributed by atoms with E-state index in [1.165, 1.54) is 64.5 Å². The molecule has 0 amide bonds. The van der Waals surface area contributed by atoms with Crippen LogP contribution in [0.4, 0.5) is 0 Å². The van der Waals surface area contributed by atoms with Crippen LogP contribution in [0.5, 0.6) is 0 Å². The van der Waals surface area contributed by atoms with Gasteiger partial charge < -0.3 is 5.73 Å². The molecule has 2 N–H and O–H groups in total. The lowest BCUT2D eigenvalue weighted by Gasteiger charge is -2.42. The molecule has 2 aliphatic rings. The van der Waals surface area contributed by atoms with Crippen molar-refractivity contribution in [1.82, 2.24) is 4.90 Å². The second-order valence-electron chi connectivity index (χ2n) is 8.31. The molecule has 2 fully saturated rings. The smallest absolute Gasteiger partial charge is 0.0221 e. The summed E-state index contributed by atoms with van der Waals surface area (Å²) in [5.74, 6) is 1.85. The van der Waals surface area contributed by atoms with E-state index in [0.29, 0.717) is 11.5 Å². The largest absolute Gasteiger partial charge is 0.329 e. The monoisotopic (exact) mass is 280 g/mol. The summed E-state index contributed by atoms with van der Waals surface area (Å²) in [5.41, 5.74) is 6.58. The molecule has 2 heteroatoms. The maximum absolute atomic E-state index is 6.10. The second kappa shape index (κ2) is 7.26. The van der Waals surface area contributed by atoms with Crippen molar-refractivity contribution in [1.29, 1.82) is 0 Å². The van der Waals surface area contributed by atoms with Crippen molar-refractivity contribution < 1.29 is 0 Å². The molecule has 2 rings (SSSR count). The lowest BCUT2D eigenvalue weighted by atomic mass is 9.75. The molecule has 20 heavy (non-hydrogen) atoms. The summed E-state index contributed by atoms with van der Waals surface area (Å²) >= 11 is 0. The first-order valence-electron chi connectivity index (χ1n) is 8.95. The number of nitrogens with two attached hydrogens (primary N) is 1. The zero-order valence-corrected chi connectivity index (χ0v) is 14.0. The van der Waals surface area contributed by atoms with Gasteiger partial charge >= 0.3 is 0 Å². The Morgan fingerprint density at radius 3 is 2.10 bits per heavy atom. The Morgan fingerprint density at radius 1 is 1.00 bits per heavy atom. The lowest BCUT2D eigenvalue weighted by molar-refractivity contribution is 0.0729. The fourth-order valence-electron chi connectivity index (χ4n) is 4.33. The van der Waals surface area contributed by atoms with E-state index in [-0.39, 0.29) is 0 Å². The van der Waals surface area contributed by atoms with Gasteiger partial charge in [0.2, 0.25) is 0 Å². The van der Waals surface area contributed by atoms with Crippen LogP contribution < -0.4 is 5.73 Å². The Hall–Kier alpha value is -0.0800. The highest BCUT2D eigenvalue weighted by molar-refractivity contribution is 4.85. The van der Waals surface area contributed by atoms with Gasteiger partial charge in [-0.1, -0.05) is 52.9 Å². The Labute approximate surface area is 126 Å². The van der Waals surface area contributed by atoms with Crippen molar-refractivity contribution in [2.45, 2.75) is 78.2 Å². The van der Waals surface area contributed by atoms with E-state index in [9.17, 15) is 0 Å². The molecule has 0 radical (unpaired) electrons. The summed E-state index contributed by atoms with van der Waals surface area (Å²) in [4.78, 5) is 2.71. The van der Waals surface area contributed by atoms with Crippen LogP contribution in [-0.4, -0.2) is 30.6 Å². The van der Waals surface area contributed by atoms with E-state index < -0.39 is 0 Å². The van der Waals surface area contributed by atoms with Crippen LogP contribution >= 0.6 is 0 Å². The van der Waals surface area contributed by atoms with Gasteiger partial charge in [0.05, 0.1) is 0 Å². The van der Waals surface area contributed by atoms with Gasteiger partial charge in [-0.25, -0.2) is 0 Å². The Bertz CT molecular complexity index is 268. The van der Waals surface area contributed by atoms with Gasteiger partial charge in [0.1, 0.15) is 0 Å². The maximum atomic E-state index is 6.10. The molecule has 1 saturated carbocycles.